The zero-order chi connectivity index (χ0) is 13.2. The fourth-order valence-corrected chi connectivity index (χ4v) is 2.13. The summed E-state index contributed by atoms with van der Waals surface area (Å²) < 4.78 is 0. The minimum Gasteiger partial charge on any atom is -0.508 e. The van der Waals surface area contributed by atoms with Crippen molar-refractivity contribution in [3.05, 3.63) is 29.8 Å². The Morgan fingerprint density at radius 2 is 1.83 bits per heavy atom. The molecule has 4 heteroatoms. The Balaban J connectivity index is 1.90. The lowest BCUT2D eigenvalue weighted by Gasteiger charge is -2.35. The van der Waals surface area contributed by atoms with Gasteiger partial charge in [0.25, 0.3) is 0 Å². The van der Waals surface area contributed by atoms with E-state index in [9.17, 15) is 9.90 Å². The van der Waals surface area contributed by atoms with Crippen molar-refractivity contribution in [2.45, 2.75) is 25.4 Å². The SMILES string of the molecule is CC1(O)CCN(CC(=O)c2ccc(O)cc2)CC1. The van der Waals surface area contributed by atoms with Crippen LogP contribution < -0.4 is 0 Å². The zero-order valence-electron chi connectivity index (χ0n) is 10.6. The molecule has 4 nitrogen and oxygen atoms in total. The van der Waals surface area contributed by atoms with Crippen molar-refractivity contribution in [1.29, 1.82) is 0 Å². The maximum Gasteiger partial charge on any atom is 0.176 e. The molecule has 2 rings (SSSR count). The van der Waals surface area contributed by atoms with Crippen LogP contribution in [0.5, 0.6) is 5.75 Å². The molecule has 0 aliphatic carbocycles. The van der Waals surface area contributed by atoms with Crippen LogP contribution in [-0.2, 0) is 0 Å². The lowest BCUT2D eigenvalue weighted by Crippen LogP contribution is -2.44. The summed E-state index contributed by atoms with van der Waals surface area (Å²) in [4.78, 5) is 14.1. The number of piperidine rings is 1. The summed E-state index contributed by atoms with van der Waals surface area (Å²) in [6.45, 7) is 3.71. The van der Waals surface area contributed by atoms with Crippen molar-refractivity contribution in [3.63, 3.8) is 0 Å². The van der Waals surface area contributed by atoms with E-state index < -0.39 is 5.60 Å². The van der Waals surface area contributed by atoms with Crippen LogP contribution in [0.4, 0.5) is 0 Å². The predicted octanol–water partition coefficient (Wildman–Crippen LogP) is 1.42. The van der Waals surface area contributed by atoms with Gasteiger partial charge in [-0.15, -0.1) is 0 Å². The minimum absolute atomic E-state index is 0.0524. The van der Waals surface area contributed by atoms with Gasteiger partial charge in [-0.05, 0) is 44.0 Å². The molecular weight excluding hydrogens is 230 g/mol. The van der Waals surface area contributed by atoms with Crippen molar-refractivity contribution in [3.8, 4) is 5.75 Å². The molecule has 1 fully saturated rings. The number of ketones is 1. The molecule has 1 aromatic rings. The van der Waals surface area contributed by atoms with Gasteiger partial charge in [0, 0.05) is 18.7 Å². The summed E-state index contributed by atoms with van der Waals surface area (Å²) in [6.07, 6.45) is 1.41. The van der Waals surface area contributed by atoms with E-state index in [0.29, 0.717) is 24.9 Å². The summed E-state index contributed by atoms with van der Waals surface area (Å²) in [6, 6.07) is 6.32. The second-order valence-electron chi connectivity index (χ2n) is 5.24. The van der Waals surface area contributed by atoms with Crippen LogP contribution in [0.1, 0.15) is 30.1 Å². The molecule has 1 aromatic carbocycles. The molecule has 1 aliphatic heterocycles. The minimum atomic E-state index is -0.585. The molecule has 1 saturated heterocycles. The number of phenols is 1. The predicted molar refractivity (Wildman–Crippen MR) is 68.7 cm³/mol. The first kappa shape index (κ1) is 13.1. The molecule has 2 N–H and O–H groups in total. The first-order valence-corrected chi connectivity index (χ1v) is 6.23. The normalized spacial score (nSPS) is 19.7. The van der Waals surface area contributed by atoms with E-state index in [1.54, 1.807) is 12.1 Å². The molecule has 0 spiro atoms. The van der Waals surface area contributed by atoms with Crippen molar-refractivity contribution < 1.29 is 15.0 Å². The van der Waals surface area contributed by atoms with Crippen molar-refractivity contribution >= 4 is 5.78 Å². The number of rotatable bonds is 3. The molecule has 18 heavy (non-hydrogen) atoms. The van der Waals surface area contributed by atoms with Crippen LogP contribution in [0, 0.1) is 0 Å². The van der Waals surface area contributed by atoms with Crippen LogP contribution in [0.3, 0.4) is 0 Å². The summed E-state index contributed by atoms with van der Waals surface area (Å²) in [5.74, 6) is 0.220. The molecule has 0 amide bonds. The molecule has 0 radical (unpaired) electrons. The Kier molecular flexibility index (Phi) is 3.68. The van der Waals surface area contributed by atoms with Gasteiger partial charge in [-0.2, -0.15) is 0 Å². The number of aliphatic hydroxyl groups is 1. The fraction of sp³-hybridized carbons (Fsp3) is 0.500. The number of benzene rings is 1. The molecule has 1 aliphatic rings. The van der Waals surface area contributed by atoms with Crippen LogP contribution in [0.25, 0.3) is 0 Å². The molecular formula is C14H19NO3. The Morgan fingerprint density at radius 1 is 1.28 bits per heavy atom. The Morgan fingerprint density at radius 3 is 2.39 bits per heavy atom. The molecule has 0 atom stereocenters. The third-order valence-electron chi connectivity index (χ3n) is 3.49. The number of carbonyl (C=O) groups is 1. The van der Waals surface area contributed by atoms with Crippen LogP contribution >= 0.6 is 0 Å². The Hall–Kier alpha value is -1.39. The number of hydrogen-bond acceptors (Lipinski definition) is 4. The van der Waals surface area contributed by atoms with Gasteiger partial charge < -0.3 is 10.2 Å². The summed E-state index contributed by atoms with van der Waals surface area (Å²) in [5.41, 5.74) is 0.0306. The fourth-order valence-electron chi connectivity index (χ4n) is 2.13. The third kappa shape index (κ3) is 3.31. The van der Waals surface area contributed by atoms with Gasteiger partial charge in [0.15, 0.2) is 5.78 Å². The zero-order valence-corrected chi connectivity index (χ0v) is 10.6. The Bertz CT molecular complexity index is 415. The first-order valence-electron chi connectivity index (χ1n) is 6.23. The maximum absolute atomic E-state index is 12.0. The first-order chi connectivity index (χ1) is 8.46. The number of carbonyl (C=O) groups excluding carboxylic acids is 1. The number of hydrogen-bond donors (Lipinski definition) is 2. The van der Waals surface area contributed by atoms with Crippen molar-refractivity contribution in [2.75, 3.05) is 19.6 Å². The number of phenolic OH excluding ortho intramolecular Hbond substituents is 1. The average Bonchev–Trinajstić information content (AvgIpc) is 2.33. The van der Waals surface area contributed by atoms with E-state index in [1.165, 1.54) is 12.1 Å². The van der Waals surface area contributed by atoms with E-state index in [4.69, 9.17) is 5.11 Å². The second-order valence-corrected chi connectivity index (χ2v) is 5.24. The van der Waals surface area contributed by atoms with Crippen LogP contribution in [0.2, 0.25) is 0 Å². The van der Waals surface area contributed by atoms with E-state index >= 15 is 0 Å². The van der Waals surface area contributed by atoms with Gasteiger partial charge in [-0.25, -0.2) is 0 Å². The molecule has 0 saturated carbocycles. The molecule has 0 bridgehead atoms. The monoisotopic (exact) mass is 249 g/mol. The lowest BCUT2D eigenvalue weighted by atomic mass is 9.93. The number of likely N-dealkylation sites (tertiary alicyclic amines) is 1. The van der Waals surface area contributed by atoms with E-state index in [1.807, 2.05) is 6.92 Å². The highest BCUT2D eigenvalue weighted by Crippen LogP contribution is 2.21. The topological polar surface area (TPSA) is 60.8 Å². The van der Waals surface area contributed by atoms with Crippen LogP contribution in [-0.4, -0.2) is 46.1 Å². The number of aromatic hydroxyl groups is 1. The van der Waals surface area contributed by atoms with Gasteiger partial charge in [0.2, 0.25) is 0 Å². The smallest absolute Gasteiger partial charge is 0.176 e. The second kappa shape index (κ2) is 5.08. The highest BCUT2D eigenvalue weighted by Gasteiger charge is 2.28. The van der Waals surface area contributed by atoms with E-state index in [-0.39, 0.29) is 11.5 Å². The highest BCUT2D eigenvalue weighted by atomic mass is 16.3. The molecule has 0 aromatic heterocycles. The number of nitrogens with zero attached hydrogens (tertiary/aromatic N) is 1. The molecule has 0 unspecified atom stereocenters. The van der Waals surface area contributed by atoms with Crippen molar-refractivity contribution in [2.24, 2.45) is 0 Å². The van der Waals surface area contributed by atoms with Gasteiger partial charge in [-0.3, -0.25) is 9.69 Å². The van der Waals surface area contributed by atoms with Crippen molar-refractivity contribution in [1.82, 2.24) is 4.90 Å². The van der Waals surface area contributed by atoms with Gasteiger partial charge in [-0.1, -0.05) is 0 Å². The summed E-state index contributed by atoms with van der Waals surface area (Å²) in [7, 11) is 0. The molecule has 1 heterocycles. The number of Topliss-reactive ketones (excluding diaryl/α,β-unsaturated/α-hetero) is 1. The van der Waals surface area contributed by atoms with Gasteiger partial charge in [0.1, 0.15) is 5.75 Å². The van der Waals surface area contributed by atoms with Gasteiger partial charge in [0.05, 0.1) is 12.1 Å². The lowest BCUT2D eigenvalue weighted by molar-refractivity contribution is -0.00420. The Labute approximate surface area is 107 Å². The quantitative estimate of drug-likeness (QED) is 0.795. The van der Waals surface area contributed by atoms with Gasteiger partial charge >= 0.3 is 0 Å². The largest absolute Gasteiger partial charge is 0.508 e. The standard InChI is InChI=1S/C14H19NO3/c1-14(18)6-8-15(9-7-14)10-13(17)11-2-4-12(16)5-3-11/h2-5,16,18H,6-10H2,1H3. The third-order valence-corrected chi connectivity index (χ3v) is 3.49. The molecule has 98 valence electrons. The summed E-state index contributed by atoms with van der Waals surface area (Å²) in [5, 5.41) is 19.0. The van der Waals surface area contributed by atoms with Crippen LogP contribution in [0.15, 0.2) is 24.3 Å². The summed E-state index contributed by atoms with van der Waals surface area (Å²) >= 11 is 0. The average molecular weight is 249 g/mol. The van der Waals surface area contributed by atoms with E-state index in [2.05, 4.69) is 4.90 Å². The van der Waals surface area contributed by atoms with E-state index in [0.717, 1.165) is 13.1 Å². The highest BCUT2D eigenvalue weighted by molar-refractivity contribution is 5.97. The maximum atomic E-state index is 12.0.